The molecule has 2 aromatic rings. The third kappa shape index (κ3) is 3.80. The topological polar surface area (TPSA) is 59.0 Å². The number of carbonyl (C=O) groups is 1. The number of nitrogens with one attached hydrogen (secondary N) is 2. The van der Waals surface area contributed by atoms with Crippen molar-refractivity contribution in [1.29, 1.82) is 0 Å². The first-order chi connectivity index (χ1) is 9.52. The van der Waals surface area contributed by atoms with Gasteiger partial charge in [0.15, 0.2) is 0 Å². The first-order valence-corrected chi connectivity index (χ1v) is 6.24. The lowest BCUT2D eigenvalue weighted by atomic mass is 10.1. The zero-order valence-electron chi connectivity index (χ0n) is 12.1. The molecule has 114 valence electrons. The molecule has 0 bridgehead atoms. The SMILES string of the molecule is CNC(C(=O)Nc1cccc(F)c1C)c1cnn(C)c1.Cl. The normalized spacial score (nSPS) is 11.6. The van der Waals surface area contributed by atoms with E-state index >= 15 is 0 Å². The Balaban J connectivity index is 0.00000220. The summed E-state index contributed by atoms with van der Waals surface area (Å²) in [6, 6.07) is 4.07. The molecule has 0 aliphatic carbocycles. The van der Waals surface area contributed by atoms with Crippen molar-refractivity contribution in [2.24, 2.45) is 7.05 Å². The number of hydrogen-bond acceptors (Lipinski definition) is 3. The smallest absolute Gasteiger partial charge is 0.246 e. The second kappa shape index (κ2) is 7.19. The highest BCUT2D eigenvalue weighted by molar-refractivity contribution is 5.96. The number of likely N-dealkylation sites (N-methyl/N-ethyl adjacent to an activating group) is 1. The van der Waals surface area contributed by atoms with Gasteiger partial charge in [0, 0.05) is 30.1 Å². The molecule has 0 radical (unpaired) electrons. The fourth-order valence-corrected chi connectivity index (χ4v) is 1.99. The molecule has 2 N–H and O–H groups in total. The molecular formula is C14H18ClFN4O. The van der Waals surface area contributed by atoms with Crippen LogP contribution >= 0.6 is 12.4 Å². The lowest BCUT2D eigenvalue weighted by Crippen LogP contribution is -2.30. The minimum absolute atomic E-state index is 0. The number of hydrogen-bond donors (Lipinski definition) is 2. The van der Waals surface area contributed by atoms with Gasteiger partial charge in [-0.05, 0) is 26.1 Å². The summed E-state index contributed by atoms with van der Waals surface area (Å²) in [6.45, 7) is 1.63. The number of nitrogens with zero attached hydrogens (tertiary/aromatic N) is 2. The van der Waals surface area contributed by atoms with Gasteiger partial charge in [0.05, 0.1) is 6.20 Å². The number of halogens is 2. The predicted octanol–water partition coefficient (Wildman–Crippen LogP) is 2.19. The van der Waals surface area contributed by atoms with Crippen LogP contribution in [-0.4, -0.2) is 22.7 Å². The summed E-state index contributed by atoms with van der Waals surface area (Å²) in [5.41, 5.74) is 1.64. The number of aromatic nitrogens is 2. The van der Waals surface area contributed by atoms with Crippen molar-refractivity contribution < 1.29 is 9.18 Å². The molecule has 0 spiro atoms. The van der Waals surface area contributed by atoms with E-state index < -0.39 is 6.04 Å². The average Bonchev–Trinajstić information content (AvgIpc) is 2.82. The van der Waals surface area contributed by atoms with E-state index in [-0.39, 0.29) is 24.1 Å². The molecule has 1 atom stereocenters. The number of amides is 1. The van der Waals surface area contributed by atoms with E-state index in [9.17, 15) is 9.18 Å². The Labute approximate surface area is 129 Å². The van der Waals surface area contributed by atoms with Gasteiger partial charge >= 0.3 is 0 Å². The number of rotatable bonds is 4. The maximum atomic E-state index is 13.5. The van der Waals surface area contributed by atoms with Crippen molar-refractivity contribution in [3.63, 3.8) is 0 Å². The van der Waals surface area contributed by atoms with Gasteiger partial charge in [-0.15, -0.1) is 12.4 Å². The van der Waals surface area contributed by atoms with Gasteiger partial charge in [-0.2, -0.15) is 5.10 Å². The first kappa shape index (κ1) is 17.1. The standard InChI is InChI=1S/C14H17FN4O.ClH/c1-9-11(15)5-4-6-12(9)18-14(20)13(16-2)10-7-17-19(3)8-10;/h4-8,13,16H,1-3H3,(H,18,20);1H. The molecule has 2 rings (SSSR count). The van der Waals surface area contributed by atoms with Crippen LogP contribution in [0.15, 0.2) is 30.6 Å². The number of anilines is 1. The molecule has 7 heteroatoms. The molecule has 1 unspecified atom stereocenters. The fraction of sp³-hybridized carbons (Fsp3) is 0.286. The van der Waals surface area contributed by atoms with Crippen LogP contribution < -0.4 is 10.6 Å². The molecule has 5 nitrogen and oxygen atoms in total. The van der Waals surface area contributed by atoms with E-state index in [0.29, 0.717) is 11.3 Å². The molecule has 21 heavy (non-hydrogen) atoms. The van der Waals surface area contributed by atoms with Crippen molar-refractivity contribution in [3.8, 4) is 0 Å². The van der Waals surface area contributed by atoms with E-state index in [0.717, 1.165) is 5.56 Å². The molecule has 1 aromatic carbocycles. The summed E-state index contributed by atoms with van der Waals surface area (Å²) in [5, 5.41) is 9.70. The van der Waals surface area contributed by atoms with Crippen LogP contribution in [-0.2, 0) is 11.8 Å². The second-order valence-electron chi connectivity index (χ2n) is 4.57. The first-order valence-electron chi connectivity index (χ1n) is 6.24. The van der Waals surface area contributed by atoms with E-state index in [1.54, 1.807) is 50.2 Å². The minimum atomic E-state index is -0.536. The van der Waals surface area contributed by atoms with E-state index in [2.05, 4.69) is 15.7 Å². The van der Waals surface area contributed by atoms with Crippen LogP contribution in [0.25, 0.3) is 0 Å². The van der Waals surface area contributed by atoms with Crippen LogP contribution in [0, 0.1) is 12.7 Å². The quantitative estimate of drug-likeness (QED) is 0.910. The molecule has 0 aliphatic rings. The van der Waals surface area contributed by atoms with Crippen molar-refractivity contribution >= 4 is 24.0 Å². The third-order valence-corrected chi connectivity index (χ3v) is 3.13. The Morgan fingerprint density at radius 2 is 2.14 bits per heavy atom. The van der Waals surface area contributed by atoms with E-state index in [1.807, 2.05) is 0 Å². The number of aryl methyl sites for hydroxylation is 1. The monoisotopic (exact) mass is 312 g/mol. The second-order valence-corrected chi connectivity index (χ2v) is 4.57. The molecule has 0 saturated carbocycles. The van der Waals surface area contributed by atoms with Gasteiger partial charge in [0.25, 0.3) is 0 Å². The van der Waals surface area contributed by atoms with Crippen molar-refractivity contribution in [2.45, 2.75) is 13.0 Å². The third-order valence-electron chi connectivity index (χ3n) is 3.13. The molecule has 1 amide bonds. The fourth-order valence-electron chi connectivity index (χ4n) is 1.99. The summed E-state index contributed by atoms with van der Waals surface area (Å²) in [5.74, 6) is -0.598. The number of benzene rings is 1. The summed E-state index contributed by atoms with van der Waals surface area (Å²) >= 11 is 0. The zero-order valence-corrected chi connectivity index (χ0v) is 12.9. The van der Waals surface area contributed by atoms with Gasteiger partial charge in [0.1, 0.15) is 11.9 Å². The maximum Gasteiger partial charge on any atom is 0.246 e. The van der Waals surface area contributed by atoms with E-state index in [4.69, 9.17) is 0 Å². The van der Waals surface area contributed by atoms with Gasteiger partial charge < -0.3 is 10.6 Å². The van der Waals surface area contributed by atoms with E-state index in [1.165, 1.54) is 6.07 Å². The summed E-state index contributed by atoms with van der Waals surface area (Å²) in [7, 11) is 3.47. The van der Waals surface area contributed by atoms with Gasteiger partial charge in [0.2, 0.25) is 5.91 Å². The summed E-state index contributed by atoms with van der Waals surface area (Å²) < 4.78 is 15.1. The molecule has 1 heterocycles. The zero-order chi connectivity index (χ0) is 14.7. The minimum Gasteiger partial charge on any atom is -0.324 e. The predicted molar refractivity (Wildman–Crippen MR) is 82.0 cm³/mol. The lowest BCUT2D eigenvalue weighted by molar-refractivity contribution is -0.118. The summed E-state index contributed by atoms with van der Waals surface area (Å²) in [4.78, 5) is 12.3. The van der Waals surface area contributed by atoms with Gasteiger partial charge in [-0.1, -0.05) is 6.07 Å². The van der Waals surface area contributed by atoms with Crippen LogP contribution in [0.2, 0.25) is 0 Å². The Morgan fingerprint density at radius 1 is 1.43 bits per heavy atom. The largest absolute Gasteiger partial charge is 0.324 e. The van der Waals surface area contributed by atoms with Gasteiger partial charge in [-0.25, -0.2) is 4.39 Å². The molecule has 0 fully saturated rings. The highest BCUT2D eigenvalue weighted by atomic mass is 35.5. The summed E-state index contributed by atoms with van der Waals surface area (Å²) in [6.07, 6.45) is 3.39. The Hall–Kier alpha value is -1.92. The molecule has 0 aliphatic heterocycles. The Kier molecular flexibility index (Phi) is 5.87. The molecule has 1 aromatic heterocycles. The van der Waals surface area contributed by atoms with Crippen molar-refractivity contribution in [3.05, 3.63) is 47.5 Å². The van der Waals surface area contributed by atoms with Gasteiger partial charge in [-0.3, -0.25) is 9.48 Å². The number of carbonyl (C=O) groups excluding carboxylic acids is 1. The molecule has 0 saturated heterocycles. The molecular weight excluding hydrogens is 295 g/mol. The van der Waals surface area contributed by atoms with Crippen molar-refractivity contribution in [1.82, 2.24) is 15.1 Å². The van der Waals surface area contributed by atoms with Crippen LogP contribution in [0.4, 0.5) is 10.1 Å². The van der Waals surface area contributed by atoms with Crippen molar-refractivity contribution in [2.75, 3.05) is 12.4 Å². The Bertz CT molecular complexity index is 629. The van der Waals surface area contributed by atoms with Crippen LogP contribution in [0.1, 0.15) is 17.2 Å². The van der Waals surface area contributed by atoms with Crippen LogP contribution in [0.5, 0.6) is 0 Å². The maximum absolute atomic E-state index is 13.5. The Morgan fingerprint density at radius 3 is 2.71 bits per heavy atom. The average molecular weight is 313 g/mol. The highest BCUT2D eigenvalue weighted by Gasteiger charge is 2.21. The lowest BCUT2D eigenvalue weighted by Gasteiger charge is -2.16. The van der Waals surface area contributed by atoms with Crippen LogP contribution in [0.3, 0.4) is 0 Å². The highest BCUT2D eigenvalue weighted by Crippen LogP contribution is 2.20.